The number of carbonyl (C=O) groups is 1. The molecule has 1 aromatic carbocycles. The zero-order valence-electron chi connectivity index (χ0n) is 10.8. The smallest absolute Gasteiger partial charge is 0.417 e. The van der Waals surface area contributed by atoms with Gasteiger partial charge in [0.1, 0.15) is 12.4 Å². The minimum Gasteiger partial charge on any atom is -0.491 e. The largest absolute Gasteiger partial charge is 0.491 e. The van der Waals surface area contributed by atoms with Crippen molar-refractivity contribution in [2.45, 2.75) is 31.5 Å². The third-order valence-electron chi connectivity index (χ3n) is 3.17. The predicted octanol–water partition coefficient (Wildman–Crippen LogP) is 3.47. The van der Waals surface area contributed by atoms with E-state index in [9.17, 15) is 18.0 Å². The van der Waals surface area contributed by atoms with Crippen LogP contribution in [0.1, 0.15) is 35.2 Å². The maximum Gasteiger partial charge on any atom is 0.417 e. The second kappa shape index (κ2) is 6.26. The van der Waals surface area contributed by atoms with Crippen molar-refractivity contribution in [3.63, 3.8) is 0 Å². The highest BCUT2D eigenvalue weighted by molar-refractivity contribution is 5.78. The quantitative estimate of drug-likeness (QED) is 0.796. The summed E-state index contributed by atoms with van der Waals surface area (Å²) in [5, 5.41) is 0. The molecule has 1 fully saturated rings. The molecule has 1 aliphatic rings. The monoisotopic (exact) mass is 288 g/mol. The fourth-order valence-corrected chi connectivity index (χ4v) is 2.10. The summed E-state index contributed by atoms with van der Waals surface area (Å²) in [6.45, 7) is 0.879. The molecule has 1 aliphatic heterocycles. The van der Waals surface area contributed by atoms with Gasteiger partial charge in [0.25, 0.3) is 0 Å². The first kappa shape index (κ1) is 14.8. The maximum absolute atomic E-state index is 12.8. The summed E-state index contributed by atoms with van der Waals surface area (Å²) in [7, 11) is 0. The van der Waals surface area contributed by atoms with E-state index in [-0.39, 0.29) is 24.7 Å². The number of halogens is 3. The molecule has 0 aliphatic carbocycles. The van der Waals surface area contributed by atoms with Crippen LogP contribution in [0.4, 0.5) is 13.2 Å². The molecule has 0 amide bonds. The van der Waals surface area contributed by atoms with Crippen molar-refractivity contribution in [3.05, 3.63) is 29.3 Å². The molecule has 0 saturated carbocycles. The number of rotatable bonds is 4. The van der Waals surface area contributed by atoms with E-state index >= 15 is 0 Å². The van der Waals surface area contributed by atoms with Crippen molar-refractivity contribution in [1.82, 2.24) is 0 Å². The summed E-state index contributed by atoms with van der Waals surface area (Å²) < 4.78 is 49.1. The van der Waals surface area contributed by atoms with Crippen LogP contribution in [-0.2, 0) is 10.9 Å². The van der Waals surface area contributed by atoms with Crippen LogP contribution in [0.3, 0.4) is 0 Å². The second-order valence-corrected chi connectivity index (χ2v) is 4.66. The zero-order chi connectivity index (χ0) is 14.6. The van der Waals surface area contributed by atoms with Gasteiger partial charge in [-0.2, -0.15) is 13.2 Å². The van der Waals surface area contributed by atoms with E-state index in [0.29, 0.717) is 6.61 Å². The van der Waals surface area contributed by atoms with Crippen molar-refractivity contribution in [3.8, 4) is 5.75 Å². The third-order valence-corrected chi connectivity index (χ3v) is 3.17. The number of aldehydes is 1. The molecule has 1 unspecified atom stereocenters. The lowest BCUT2D eigenvalue weighted by molar-refractivity contribution is -0.138. The number of ether oxygens (including phenoxy) is 2. The lowest BCUT2D eigenvalue weighted by Crippen LogP contribution is -2.25. The average Bonchev–Trinajstić information content (AvgIpc) is 2.45. The van der Waals surface area contributed by atoms with E-state index in [1.165, 1.54) is 6.07 Å². The Labute approximate surface area is 114 Å². The summed E-state index contributed by atoms with van der Waals surface area (Å²) >= 11 is 0. The van der Waals surface area contributed by atoms with Gasteiger partial charge in [-0.25, -0.2) is 0 Å². The molecule has 20 heavy (non-hydrogen) atoms. The minimum atomic E-state index is -4.57. The van der Waals surface area contributed by atoms with E-state index in [0.717, 1.165) is 31.4 Å². The Hall–Kier alpha value is -1.56. The van der Waals surface area contributed by atoms with Crippen molar-refractivity contribution in [2.75, 3.05) is 13.2 Å². The Morgan fingerprint density at radius 1 is 1.35 bits per heavy atom. The van der Waals surface area contributed by atoms with E-state index in [2.05, 4.69) is 0 Å². The Bertz CT molecular complexity index is 465. The van der Waals surface area contributed by atoms with Crippen LogP contribution in [0.25, 0.3) is 0 Å². The van der Waals surface area contributed by atoms with Crippen molar-refractivity contribution in [2.24, 2.45) is 0 Å². The van der Waals surface area contributed by atoms with Gasteiger partial charge in [0.05, 0.1) is 11.7 Å². The maximum atomic E-state index is 12.8. The van der Waals surface area contributed by atoms with Crippen LogP contribution in [0, 0.1) is 0 Å². The Morgan fingerprint density at radius 3 is 2.75 bits per heavy atom. The number of hydrogen-bond donors (Lipinski definition) is 0. The number of carbonyl (C=O) groups excluding carboxylic acids is 1. The van der Waals surface area contributed by atoms with Crippen molar-refractivity contribution >= 4 is 6.29 Å². The molecule has 0 aromatic heterocycles. The molecule has 1 atom stereocenters. The van der Waals surface area contributed by atoms with E-state index in [1.54, 1.807) is 0 Å². The van der Waals surface area contributed by atoms with Gasteiger partial charge in [0.2, 0.25) is 0 Å². The Kier molecular flexibility index (Phi) is 4.65. The molecule has 0 N–H and O–H groups in total. The fraction of sp³-hybridized carbons (Fsp3) is 0.500. The molecule has 110 valence electrons. The highest BCUT2D eigenvalue weighted by Crippen LogP contribution is 2.33. The average molecular weight is 288 g/mol. The zero-order valence-corrected chi connectivity index (χ0v) is 10.8. The normalized spacial score (nSPS) is 19.6. The Balaban J connectivity index is 2.06. The molecule has 1 saturated heterocycles. The molecule has 0 radical (unpaired) electrons. The van der Waals surface area contributed by atoms with E-state index in [1.807, 2.05) is 0 Å². The molecule has 6 heteroatoms. The SMILES string of the molecule is O=Cc1ccc(OCC2CCCCO2)cc1C(F)(F)F. The first-order valence-electron chi connectivity index (χ1n) is 6.41. The lowest BCUT2D eigenvalue weighted by Gasteiger charge is -2.22. The van der Waals surface area contributed by atoms with Crippen LogP contribution in [0.5, 0.6) is 5.75 Å². The van der Waals surface area contributed by atoms with Crippen LogP contribution in [-0.4, -0.2) is 25.6 Å². The van der Waals surface area contributed by atoms with E-state index < -0.39 is 17.3 Å². The molecule has 1 heterocycles. The van der Waals surface area contributed by atoms with Gasteiger partial charge in [-0.15, -0.1) is 0 Å². The molecule has 0 spiro atoms. The summed E-state index contributed by atoms with van der Waals surface area (Å²) in [6.07, 6.45) is -1.58. The van der Waals surface area contributed by atoms with Crippen molar-refractivity contribution < 1.29 is 27.4 Å². The summed E-state index contributed by atoms with van der Waals surface area (Å²) in [5.41, 5.74) is -1.37. The van der Waals surface area contributed by atoms with Crippen LogP contribution >= 0.6 is 0 Å². The molecular weight excluding hydrogens is 273 g/mol. The molecule has 0 bridgehead atoms. The highest BCUT2D eigenvalue weighted by Gasteiger charge is 2.33. The van der Waals surface area contributed by atoms with Gasteiger partial charge >= 0.3 is 6.18 Å². The molecule has 1 aromatic rings. The van der Waals surface area contributed by atoms with Crippen molar-refractivity contribution in [1.29, 1.82) is 0 Å². The highest BCUT2D eigenvalue weighted by atomic mass is 19.4. The van der Waals surface area contributed by atoms with E-state index in [4.69, 9.17) is 9.47 Å². The lowest BCUT2D eigenvalue weighted by atomic mass is 10.1. The summed E-state index contributed by atoms with van der Waals surface area (Å²) in [4.78, 5) is 10.6. The predicted molar refractivity (Wildman–Crippen MR) is 65.9 cm³/mol. The molecule has 3 nitrogen and oxygen atoms in total. The minimum absolute atomic E-state index is 0.0798. The van der Waals surface area contributed by atoms with Gasteiger partial charge in [0.15, 0.2) is 6.29 Å². The first-order chi connectivity index (χ1) is 9.50. The number of benzene rings is 1. The van der Waals surface area contributed by atoms with Gasteiger partial charge in [-0.3, -0.25) is 4.79 Å². The Morgan fingerprint density at radius 2 is 2.15 bits per heavy atom. The fourth-order valence-electron chi connectivity index (χ4n) is 2.10. The van der Waals surface area contributed by atoms with Gasteiger partial charge in [-0.1, -0.05) is 0 Å². The first-order valence-corrected chi connectivity index (χ1v) is 6.41. The topological polar surface area (TPSA) is 35.5 Å². The van der Waals surface area contributed by atoms with Gasteiger partial charge in [0, 0.05) is 12.2 Å². The second-order valence-electron chi connectivity index (χ2n) is 4.66. The number of hydrogen-bond acceptors (Lipinski definition) is 3. The van der Waals surface area contributed by atoms with Gasteiger partial charge in [-0.05, 0) is 37.5 Å². The standard InChI is InChI=1S/C14H15F3O3/c15-14(16,17)13-7-11(5-4-10(13)8-18)20-9-12-3-1-2-6-19-12/h4-5,7-8,12H,1-3,6,9H2. The van der Waals surface area contributed by atoms with Crippen LogP contribution in [0.2, 0.25) is 0 Å². The molecular formula is C14H15F3O3. The third kappa shape index (κ3) is 3.72. The summed E-state index contributed by atoms with van der Waals surface area (Å²) in [6, 6.07) is 3.33. The van der Waals surface area contributed by atoms with Gasteiger partial charge < -0.3 is 9.47 Å². The summed E-state index contributed by atoms with van der Waals surface area (Å²) in [5.74, 6) is 0.0945. The van der Waals surface area contributed by atoms with Crippen LogP contribution in [0.15, 0.2) is 18.2 Å². The number of alkyl halides is 3. The molecule has 2 rings (SSSR count). The van der Waals surface area contributed by atoms with Crippen LogP contribution < -0.4 is 4.74 Å².